The van der Waals surface area contributed by atoms with Crippen LogP contribution in [0.2, 0.25) is 5.02 Å². The largest absolute Gasteiger partial charge is 0.493 e. The molecule has 1 atom stereocenters. The molecule has 0 aliphatic rings. The number of hydrogen-bond donors (Lipinski definition) is 1. The highest BCUT2D eigenvalue weighted by atomic mass is 35.5. The molecule has 1 N–H and O–H groups in total. The van der Waals surface area contributed by atoms with Crippen molar-refractivity contribution in [2.75, 3.05) is 19.7 Å². The number of carboxylic acids is 1. The topological polar surface area (TPSA) is 49.8 Å². The molecule has 0 radical (unpaired) electrons. The Morgan fingerprint density at radius 1 is 0.884 bits per heavy atom. The molecule has 0 fully saturated rings. The van der Waals surface area contributed by atoms with Crippen LogP contribution >= 0.6 is 24.0 Å². The van der Waals surface area contributed by atoms with Gasteiger partial charge in [-0.2, -0.15) is 13.2 Å². The maximum absolute atomic E-state index is 13.6. The standard InChI is InChI=1S/C34H33ClF3NO3.ClH/c1-24(23-42-29-16-8-10-25(18-29)19-32(40)41)20-39(21-28-15-9-17-31(33(28)35)34(36,37)38)22-30(26-11-4-2-5-12-26)27-13-6-3-7-14-27;/h2-18,24,30H,19-23H2,1H3,(H,40,41);1H. The smallest absolute Gasteiger partial charge is 0.417 e. The summed E-state index contributed by atoms with van der Waals surface area (Å²) in [5, 5.41) is 8.81. The molecule has 0 saturated carbocycles. The van der Waals surface area contributed by atoms with E-state index in [-0.39, 0.29) is 42.2 Å². The van der Waals surface area contributed by atoms with Gasteiger partial charge in [-0.05, 0) is 40.5 Å². The molecule has 0 spiro atoms. The van der Waals surface area contributed by atoms with Crippen molar-refractivity contribution < 1.29 is 27.8 Å². The summed E-state index contributed by atoms with van der Waals surface area (Å²) in [6.07, 6.45) is -4.65. The van der Waals surface area contributed by atoms with Crippen molar-refractivity contribution in [1.82, 2.24) is 4.90 Å². The third-order valence-corrected chi connectivity index (χ3v) is 7.43. The van der Waals surface area contributed by atoms with Gasteiger partial charge in [0.1, 0.15) is 5.75 Å². The van der Waals surface area contributed by atoms with Crippen LogP contribution in [-0.4, -0.2) is 35.7 Å². The van der Waals surface area contributed by atoms with E-state index in [0.717, 1.165) is 17.2 Å². The van der Waals surface area contributed by atoms with Gasteiger partial charge in [-0.3, -0.25) is 9.69 Å². The van der Waals surface area contributed by atoms with Crippen LogP contribution in [0.1, 0.15) is 40.7 Å². The summed E-state index contributed by atoms with van der Waals surface area (Å²) in [5.74, 6) is -0.391. The van der Waals surface area contributed by atoms with Gasteiger partial charge in [0.05, 0.1) is 23.6 Å². The van der Waals surface area contributed by atoms with Crippen LogP contribution < -0.4 is 4.74 Å². The molecule has 0 amide bonds. The lowest BCUT2D eigenvalue weighted by Gasteiger charge is -2.31. The van der Waals surface area contributed by atoms with E-state index >= 15 is 0 Å². The number of benzene rings is 4. The van der Waals surface area contributed by atoms with Crippen molar-refractivity contribution in [3.05, 3.63) is 136 Å². The lowest BCUT2D eigenvalue weighted by atomic mass is 9.90. The summed E-state index contributed by atoms with van der Waals surface area (Å²) in [6.45, 7) is 3.64. The van der Waals surface area contributed by atoms with Crippen molar-refractivity contribution in [3.8, 4) is 5.75 Å². The van der Waals surface area contributed by atoms with Gasteiger partial charge in [0.25, 0.3) is 0 Å². The molecule has 4 aromatic carbocycles. The highest BCUT2D eigenvalue weighted by molar-refractivity contribution is 6.32. The second-order valence-corrected chi connectivity index (χ2v) is 10.9. The van der Waals surface area contributed by atoms with E-state index in [1.54, 1.807) is 30.3 Å². The van der Waals surface area contributed by atoms with E-state index in [1.807, 2.05) is 43.3 Å². The lowest BCUT2D eigenvalue weighted by molar-refractivity contribution is -0.138. The summed E-state index contributed by atoms with van der Waals surface area (Å²) in [5.41, 5.74) is 2.40. The first-order valence-electron chi connectivity index (χ1n) is 13.7. The summed E-state index contributed by atoms with van der Waals surface area (Å²) < 4.78 is 46.9. The monoisotopic (exact) mass is 631 g/mol. The van der Waals surface area contributed by atoms with E-state index in [1.165, 1.54) is 6.07 Å². The number of carbonyl (C=O) groups is 1. The van der Waals surface area contributed by atoms with Gasteiger partial charge in [-0.15, -0.1) is 12.4 Å². The van der Waals surface area contributed by atoms with Gasteiger partial charge in [0, 0.05) is 31.5 Å². The zero-order valence-electron chi connectivity index (χ0n) is 23.6. The number of halogens is 5. The Hall–Kier alpha value is -3.52. The Morgan fingerprint density at radius 3 is 2.07 bits per heavy atom. The van der Waals surface area contributed by atoms with E-state index in [4.69, 9.17) is 21.4 Å². The van der Waals surface area contributed by atoms with Crippen molar-refractivity contribution in [1.29, 1.82) is 0 Å². The van der Waals surface area contributed by atoms with Crippen LogP contribution in [0.15, 0.2) is 103 Å². The van der Waals surface area contributed by atoms with Crippen LogP contribution in [0.3, 0.4) is 0 Å². The molecule has 0 bridgehead atoms. The predicted molar refractivity (Wildman–Crippen MR) is 166 cm³/mol. The molecule has 0 aliphatic carbocycles. The van der Waals surface area contributed by atoms with Crippen molar-refractivity contribution in [2.45, 2.75) is 32.0 Å². The van der Waals surface area contributed by atoms with Gasteiger partial charge >= 0.3 is 12.1 Å². The summed E-state index contributed by atoms with van der Waals surface area (Å²) in [7, 11) is 0. The summed E-state index contributed by atoms with van der Waals surface area (Å²) in [6, 6.07) is 31.1. The fraction of sp³-hybridized carbons (Fsp3) is 0.265. The number of aliphatic carboxylic acids is 1. The van der Waals surface area contributed by atoms with Gasteiger partial charge < -0.3 is 9.84 Å². The van der Waals surface area contributed by atoms with E-state index in [0.29, 0.717) is 36.6 Å². The van der Waals surface area contributed by atoms with Crippen LogP contribution in [0.4, 0.5) is 13.2 Å². The molecule has 9 heteroatoms. The highest BCUT2D eigenvalue weighted by Crippen LogP contribution is 2.37. The van der Waals surface area contributed by atoms with E-state index in [9.17, 15) is 18.0 Å². The average Bonchev–Trinajstić information content (AvgIpc) is 2.96. The number of rotatable bonds is 13. The SMILES string of the molecule is CC(COc1cccc(CC(=O)O)c1)CN(Cc1cccc(C(F)(F)F)c1Cl)CC(c1ccccc1)c1ccccc1.Cl. The first-order valence-corrected chi connectivity index (χ1v) is 14.1. The second-order valence-electron chi connectivity index (χ2n) is 10.5. The summed E-state index contributed by atoms with van der Waals surface area (Å²) >= 11 is 6.32. The zero-order valence-corrected chi connectivity index (χ0v) is 25.2. The Balaban J connectivity index is 0.00000506. The quantitative estimate of drug-likeness (QED) is 0.160. The van der Waals surface area contributed by atoms with Crippen molar-refractivity contribution >= 4 is 30.0 Å². The first-order chi connectivity index (χ1) is 20.1. The molecule has 0 aliphatic heterocycles. The number of carboxylic acid groups (broad SMARTS) is 1. The first kappa shape index (κ1) is 34.0. The molecule has 4 aromatic rings. The Kier molecular flexibility index (Phi) is 12.5. The zero-order chi connectivity index (χ0) is 30.1. The van der Waals surface area contributed by atoms with Gasteiger partial charge in [0.15, 0.2) is 0 Å². The highest BCUT2D eigenvalue weighted by Gasteiger charge is 2.34. The Morgan fingerprint density at radius 2 is 1.49 bits per heavy atom. The lowest BCUT2D eigenvalue weighted by Crippen LogP contribution is -2.34. The molecule has 4 nitrogen and oxygen atoms in total. The molecule has 0 heterocycles. The molecule has 4 rings (SSSR count). The Bertz CT molecular complexity index is 1410. The number of hydrogen-bond acceptors (Lipinski definition) is 3. The minimum atomic E-state index is -4.55. The predicted octanol–water partition coefficient (Wildman–Crippen LogP) is 8.76. The van der Waals surface area contributed by atoms with Crippen LogP contribution in [0.25, 0.3) is 0 Å². The van der Waals surface area contributed by atoms with Gasteiger partial charge in [0.2, 0.25) is 0 Å². The van der Waals surface area contributed by atoms with Crippen molar-refractivity contribution in [3.63, 3.8) is 0 Å². The molecular formula is C34H34Cl2F3NO3. The second kappa shape index (κ2) is 15.8. The van der Waals surface area contributed by atoms with E-state index in [2.05, 4.69) is 29.2 Å². The molecule has 0 saturated heterocycles. The minimum Gasteiger partial charge on any atom is -0.493 e. The van der Waals surface area contributed by atoms with Gasteiger partial charge in [-0.1, -0.05) is 103 Å². The molecule has 43 heavy (non-hydrogen) atoms. The average molecular weight is 633 g/mol. The molecule has 0 aromatic heterocycles. The molecular weight excluding hydrogens is 598 g/mol. The van der Waals surface area contributed by atoms with Crippen LogP contribution in [-0.2, 0) is 23.9 Å². The Labute approximate surface area is 261 Å². The normalized spacial score (nSPS) is 12.2. The number of nitrogens with zero attached hydrogens (tertiary/aromatic N) is 1. The number of ether oxygens (including phenoxy) is 1. The fourth-order valence-electron chi connectivity index (χ4n) is 5.05. The minimum absolute atomic E-state index is 0. The maximum atomic E-state index is 13.6. The maximum Gasteiger partial charge on any atom is 0.417 e. The molecule has 228 valence electrons. The molecule has 1 unspecified atom stereocenters. The van der Waals surface area contributed by atoms with Crippen molar-refractivity contribution in [2.24, 2.45) is 5.92 Å². The third-order valence-electron chi connectivity index (χ3n) is 6.98. The van der Waals surface area contributed by atoms with Gasteiger partial charge in [-0.25, -0.2) is 0 Å². The third kappa shape index (κ3) is 10.0. The summed E-state index contributed by atoms with van der Waals surface area (Å²) in [4.78, 5) is 13.2. The van der Waals surface area contributed by atoms with Crippen LogP contribution in [0.5, 0.6) is 5.75 Å². The van der Waals surface area contributed by atoms with Crippen LogP contribution in [0, 0.1) is 5.92 Å². The number of alkyl halides is 3. The fourth-order valence-corrected chi connectivity index (χ4v) is 5.34. The van der Waals surface area contributed by atoms with E-state index < -0.39 is 17.7 Å².